The van der Waals surface area contributed by atoms with Crippen LogP contribution in [0.1, 0.15) is 26.0 Å². The molecule has 1 aromatic carbocycles. The molecule has 2 rings (SSSR count). The van der Waals surface area contributed by atoms with Gasteiger partial charge in [-0.25, -0.2) is 9.97 Å². The maximum Gasteiger partial charge on any atom is 0.433 e. The monoisotopic (exact) mass is 399 g/mol. The molecule has 1 atom stereocenters. The Balaban J connectivity index is 2.27. The van der Waals surface area contributed by atoms with E-state index in [1.807, 2.05) is 13.8 Å². The molecule has 2 aromatic rings. The van der Waals surface area contributed by atoms with Crippen LogP contribution in [-0.4, -0.2) is 34.8 Å². The fourth-order valence-electron chi connectivity index (χ4n) is 2.09. The summed E-state index contributed by atoms with van der Waals surface area (Å²) in [5, 5.41) is 2.65. The number of amides is 1. The van der Waals surface area contributed by atoms with E-state index in [2.05, 4.69) is 15.3 Å². The van der Waals surface area contributed by atoms with Gasteiger partial charge in [-0.2, -0.15) is 13.2 Å². The molecular formula is C18H20F3N3O2S. The third kappa shape index (κ3) is 6.13. The molecule has 0 saturated carbocycles. The number of hydrogen-bond donors (Lipinski definition) is 1. The van der Waals surface area contributed by atoms with Crippen molar-refractivity contribution in [2.45, 2.75) is 37.6 Å². The van der Waals surface area contributed by atoms with Crippen LogP contribution in [0.3, 0.4) is 0 Å². The van der Waals surface area contributed by atoms with Crippen molar-refractivity contribution in [2.24, 2.45) is 0 Å². The molecule has 0 aliphatic rings. The minimum Gasteiger partial charge on any atom is -0.497 e. The van der Waals surface area contributed by atoms with Gasteiger partial charge in [-0.3, -0.25) is 4.79 Å². The van der Waals surface area contributed by atoms with Gasteiger partial charge in [0.25, 0.3) is 0 Å². The summed E-state index contributed by atoms with van der Waals surface area (Å²) in [6, 6.07) is 7.39. The molecular weight excluding hydrogens is 379 g/mol. The van der Waals surface area contributed by atoms with Crippen molar-refractivity contribution in [1.29, 1.82) is 0 Å². The second-order valence-electron chi connectivity index (χ2n) is 5.81. The molecule has 0 saturated heterocycles. The van der Waals surface area contributed by atoms with Crippen LogP contribution in [0.4, 0.5) is 13.2 Å². The van der Waals surface area contributed by atoms with Crippen molar-refractivity contribution in [3.8, 4) is 17.0 Å². The number of rotatable bonds is 7. The van der Waals surface area contributed by atoms with Crippen molar-refractivity contribution < 1.29 is 22.7 Å². The number of hydrogen-bond acceptors (Lipinski definition) is 5. The highest BCUT2D eigenvalue weighted by Gasteiger charge is 2.34. The van der Waals surface area contributed by atoms with Crippen molar-refractivity contribution in [3.63, 3.8) is 0 Å². The molecule has 5 nitrogen and oxygen atoms in total. The number of alkyl halides is 3. The van der Waals surface area contributed by atoms with Gasteiger partial charge in [-0.1, -0.05) is 18.7 Å². The smallest absolute Gasteiger partial charge is 0.433 e. The van der Waals surface area contributed by atoms with Gasteiger partial charge in [-0.15, -0.1) is 0 Å². The predicted octanol–water partition coefficient (Wildman–Crippen LogP) is 4.18. The van der Waals surface area contributed by atoms with Crippen molar-refractivity contribution in [1.82, 2.24) is 15.3 Å². The van der Waals surface area contributed by atoms with E-state index in [-0.39, 0.29) is 28.6 Å². The lowest BCUT2D eigenvalue weighted by molar-refractivity contribution is -0.141. The topological polar surface area (TPSA) is 64.1 Å². The zero-order chi connectivity index (χ0) is 20.0. The number of benzene rings is 1. The molecule has 0 bridgehead atoms. The second kappa shape index (κ2) is 9.07. The molecule has 1 unspecified atom stereocenters. The fourth-order valence-corrected chi connectivity index (χ4v) is 2.76. The van der Waals surface area contributed by atoms with Gasteiger partial charge in [0.1, 0.15) is 11.4 Å². The fraction of sp³-hybridized carbons (Fsp3) is 0.389. The largest absolute Gasteiger partial charge is 0.497 e. The number of aromatic nitrogens is 2. The summed E-state index contributed by atoms with van der Waals surface area (Å²) in [6.45, 7) is 3.78. The molecule has 0 aliphatic carbocycles. The van der Waals surface area contributed by atoms with Crippen molar-refractivity contribution in [2.75, 3.05) is 12.9 Å². The van der Waals surface area contributed by atoms with E-state index >= 15 is 0 Å². The molecule has 0 fully saturated rings. The van der Waals surface area contributed by atoms with Crippen LogP contribution in [0.5, 0.6) is 5.75 Å². The molecule has 1 aromatic heterocycles. The van der Waals surface area contributed by atoms with Crippen LogP contribution >= 0.6 is 11.8 Å². The number of nitrogens with one attached hydrogen (secondary N) is 1. The lowest BCUT2D eigenvalue weighted by atomic mass is 10.1. The first kappa shape index (κ1) is 21.0. The Bertz CT molecular complexity index is 782. The Hall–Kier alpha value is -2.29. The van der Waals surface area contributed by atoms with E-state index in [1.54, 1.807) is 24.3 Å². The SMILES string of the molecule is CCC(C)NC(=O)CSc1nc(-c2ccc(OC)cc2)cc(C(F)(F)F)n1. The minimum absolute atomic E-state index is 0.00427. The van der Waals surface area contributed by atoms with Crippen LogP contribution in [-0.2, 0) is 11.0 Å². The number of halogens is 3. The zero-order valence-corrected chi connectivity index (χ0v) is 15.9. The standard InChI is InChI=1S/C18H20F3N3O2S/c1-4-11(2)22-16(25)10-27-17-23-14(9-15(24-17)18(19,20)21)12-5-7-13(26-3)8-6-12/h5-9,11H,4,10H2,1-3H3,(H,22,25). The number of carbonyl (C=O) groups excluding carboxylic acids is 1. The van der Waals surface area contributed by atoms with Crippen LogP contribution in [0, 0.1) is 0 Å². The van der Waals surface area contributed by atoms with E-state index < -0.39 is 11.9 Å². The Labute approximate surface area is 159 Å². The lowest BCUT2D eigenvalue weighted by Gasteiger charge is -2.12. The molecule has 1 amide bonds. The number of thioether (sulfide) groups is 1. The van der Waals surface area contributed by atoms with Gasteiger partial charge in [0.15, 0.2) is 5.16 Å². The third-order valence-electron chi connectivity index (χ3n) is 3.73. The van der Waals surface area contributed by atoms with Crippen LogP contribution in [0.15, 0.2) is 35.5 Å². The van der Waals surface area contributed by atoms with Gasteiger partial charge >= 0.3 is 6.18 Å². The van der Waals surface area contributed by atoms with Crippen LogP contribution in [0.25, 0.3) is 11.3 Å². The molecule has 146 valence electrons. The maximum atomic E-state index is 13.2. The van der Waals surface area contributed by atoms with E-state index in [0.29, 0.717) is 11.3 Å². The van der Waals surface area contributed by atoms with E-state index in [1.165, 1.54) is 7.11 Å². The number of carbonyl (C=O) groups is 1. The first-order valence-electron chi connectivity index (χ1n) is 8.25. The van der Waals surface area contributed by atoms with Crippen LogP contribution < -0.4 is 10.1 Å². The number of nitrogens with zero attached hydrogens (tertiary/aromatic N) is 2. The van der Waals surface area contributed by atoms with Gasteiger partial charge in [0, 0.05) is 11.6 Å². The Morgan fingerprint density at radius 2 is 1.93 bits per heavy atom. The molecule has 0 radical (unpaired) electrons. The lowest BCUT2D eigenvalue weighted by Crippen LogP contribution is -2.33. The quantitative estimate of drug-likeness (QED) is 0.559. The molecule has 0 aliphatic heterocycles. The highest BCUT2D eigenvalue weighted by molar-refractivity contribution is 7.99. The zero-order valence-electron chi connectivity index (χ0n) is 15.1. The highest BCUT2D eigenvalue weighted by Crippen LogP contribution is 2.32. The third-order valence-corrected chi connectivity index (χ3v) is 4.58. The van der Waals surface area contributed by atoms with Crippen molar-refractivity contribution >= 4 is 17.7 Å². The van der Waals surface area contributed by atoms with Crippen LogP contribution in [0.2, 0.25) is 0 Å². The average Bonchev–Trinajstić information content (AvgIpc) is 2.65. The Morgan fingerprint density at radius 1 is 1.26 bits per heavy atom. The molecule has 1 heterocycles. The summed E-state index contributed by atoms with van der Waals surface area (Å²) in [4.78, 5) is 19.6. The second-order valence-corrected chi connectivity index (χ2v) is 6.76. The number of ether oxygens (including phenoxy) is 1. The Morgan fingerprint density at radius 3 is 2.48 bits per heavy atom. The summed E-state index contributed by atoms with van der Waals surface area (Å²) in [5.41, 5.74) is -0.424. The normalized spacial score (nSPS) is 12.5. The minimum atomic E-state index is -4.61. The van der Waals surface area contributed by atoms with Gasteiger partial charge in [0.2, 0.25) is 5.91 Å². The van der Waals surface area contributed by atoms with Crippen molar-refractivity contribution in [3.05, 3.63) is 36.0 Å². The van der Waals surface area contributed by atoms with Gasteiger partial charge in [-0.05, 0) is 43.7 Å². The maximum absolute atomic E-state index is 13.2. The molecule has 0 spiro atoms. The summed E-state index contributed by atoms with van der Waals surface area (Å²) >= 11 is 0.869. The van der Waals surface area contributed by atoms with E-state index in [4.69, 9.17) is 4.74 Å². The highest BCUT2D eigenvalue weighted by atomic mass is 32.2. The average molecular weight is 399 g/mol. The van der Waals surface area contributed by atoms with Gasteiger partial charge < -0.3 is 10.1 Å². The number of methoxy groups -OCH3 is 1. The summed E-state index contributed by atoms with van der Waals surface area (Å²) in [5.74, 6) is 0.245. The summed E-state index contributed by atoms with van der Waals surface area (Å²) in [7, 11) is 1.50. The summed E-state index contributed by atoms with van der Waals surface area (Å²) < 4.78 is 44.7. The first-order valence-corrected chi connectivity index (χ1v) is 9.24. The molecule has 27 heavy (non-hydrogen) atoms. The molecule has 9 heteroatoms. The summed E-state index contributed by atoms with van der Waals surface area (Å²) in [6.07, 6.45) is -3.85. The molecule has 1 N–H and O–H groups in total. The Kier molecular flexibility index (Phi) is 7.06. The first-order chi connectivity index (χ1) is 12.7. The van der Waals surface area contributed by atoms with Gasteiger partial charge in [0.05, 0.1) is 18.6 Å². The predicted molar refractivity (Wildman–Crippen MR) is 97.6 cm³/mol. The van der Waals surface area contributed by atoms with E-state index in [0.717, 1.165) is 24.2 Å². The van der Waals surface area contributed by atoms with E-state index in [9.17, 15) is 18.0 Å².